The van der Waals surface area contributed by atoms with Gasteiger partial charge < -0.3 is 4.79 Å². The lowest BCUT2D eigenvalue weighted by Crippen LogP contribution is -2.61. The molecule has 2 atom stereocenters. The van der Waals surface area contributed by atoms with Gasteiger partial charge in [0.1, 0.15) is 6.29 Å². The molecule has 4 aliphatic rings. The van der Waals surface area contributed by atoms with E-state index in [2.05, 4.69) is 0 Å². The molecule has 7 rings (SSSR count). The smallest absolute Gasteiger partial charge is 0.271 e. The lowest BCUT2D eigenvalue weighted by Gasteiger charge is -2.56. The number of non-ortho nitro benzene ring substituents is 1. The van der Waals surface area contributed by atoms with Crippen molar-refractivity contribution >= 4 is 29.5 Å². The van der Waals surface area contributed by atoms with E-state index in [0.717, 1.165) is 33.4 Å². The maximum Gasteiger partial charge on any atom is 0.271 e. The number of aldehydes is 1. The molecule has 3 aromatic rings. The van der Waals surface area contributed by atoms with Crippen LogP contribution < -0.4 is 4.90 Å². The zero-order valence-electron chi connectivity index (χ0n) is 17.6. The topological polar surface area (TPSA) is 97.6 Å². The van der Waals surface area contributed by atoms with Crippen molar-refractivity contribution in [1.82, 2.24) is 0 Å². The second-order valence-corrected chi connectivity index (χ2v) is 9.02. The number of imide groups is 1. The molecule has 0 aromatic heterocycles. The second-order valence-electron chi connectivity index (χ2n) is 9.02. The predicted octanol–water partition coefficient (Wildman–Crippen LogP) is 3.52. The lowest BCUT2D eigenvalue weighted by atomic mass is 9.42. The van der Waals surface area contributed by atoms with Gasteiger partial charge in [0.05, 0.1) is 27.9 Å². The van der Waals surface area contributed by atoms with Crippen molar-refractivity contribution in [3.63, 3.8) is 0 Å². The second kappa shape index (κ2) is 6.22. The van der Waals surface area contributed by atoms with Gasteiger partial charge in [-0.1, -0.05) is 61.5 Å². The van der Waals surface area contributed by atoms with Crippen LogP contribution in [0.3, 0.4) is 0 Å². The molecule has 33 heavy (non-hydrogen) atoms. The van der Waals surface area contributed by atoms with Crippen LogP contribution in [0.4, 0.5) is 11.4 Å². The largest absolute Gasteiger partial charge is 0.302 e. The van der Waals surface area contributed by atoms with E-state index >= 15 is 0 Å². The van der Waals surface area contributed by atoms with E-state index in [1.54, 1.807) is 0 Å². The summed E-state index contributed by atoms with van der Waals surface area (Å²) >= 11 is 0. The summed E-state index contributed by atoms with van der Waals surface area (Å²) in [6.07, 6.45) is 0.809. The number of nitro benzene ring substituents is 1. The third-order valence-corrected chi connectivity index (χ3v) is 7.77. The highest BCUT2D eigenvalue weighted by molar-refractivity contribution is 6.25. The van der Waals surface area contributed by atoms with Gasteiger partial charge in [0.25, 0.3) is 5.69 Å². The highest BCUT2D eigenvalue weighted by Gasteiger charge is 2.72. The van der Waals surface area contributed by atoms with Crippen molar-refractivity contribution in [2.75, 3.05) is 4.90 Å². The molecular weight excluding hydrogens is 420 g/mol. The fraction of sp³-hybridized carbons (Fsp3) is 0.192. The van der Waals surface area contributed by atoms with Crippen LogP contribution in [-0.2, 0) is 25.2 Å². The van der Waals surface area contributed by atoms with E-state index in [1.807, 2.05) is 55.5 Å². The van der Waals surface area contributed by atoms with Gasteiger partial charge in [-0.2, -0.15) is 0 Å². The molecule has 0 saturated carbocycles. The van der Waals surface area contributed by atoms with Crippen molar-refractivity contribution in [2.45, 2.75) is 17.8 Å². The number of hydrogen-bond acceptors (Lipinski definition) is 5. The minimum atomic E-state index is -1.31. The van der Waals surface area contributed by atoms with Crippen LogP contribution in [0.5, 0.6) is 0 Å². The summed E-state index contributed by atoms with van der Waals surface area (Å²) in [4.78, 5) is 52.6. The normalized spacial score (nSPS) is 28.8. The van der Waals surface area contributed by atoms with E-state index in [4.69, 9.17) is 0 Å². The Kier molecular flexibility index (Phi) is 3.69. The summed E-state index contributed by atoms with van der Waals surface area (Å²) in [6.45, 7) is 1.96. The van der Waals surface area contributed by atoms with E-state index < -0.39 is 39.4 Å². The third kappa shape index (κ3) is 2.07. The molecule has 3 aromatic carbocycles. The van der Waals surface area contributed by atoms with Crippen LogP contribution in [0.1, 0.15) is 29.2 Å². The molecule has 1 saturated heterocycles. The fourth-order valence-corrected chi connectivity index (χ4v) is 6.46. The van der Waals surface area contributed by atoms with Crippen LogP contribution in [0, 0.1) is 22.0 Å². The maximum absolute atomic E-state index is 13.9. The Labute approximate surface area is 188 Å². The van der Waals surface area contributed by atoms with Gasteiger partial charge in [-0.3, -0.25) is 19.7 Å². The number of rotatable bonds is 3. The summed E-state index contributed by atoms with van der Waals surface area (Å²) in [7, 11) is 0. The monoisotopic (exact) mass is 438 g/mol. The molecule has 3 aliphatic carbocycles. The van der Waals surface area contributed by atoms with Crippen molar-refractivity contribution in [1.29, 1.82) is 0 Å². The van der Waals surface area contributed by atoms with Gasteiger partial charge >= 0.3 is 0 Å². The van der Waals surface area contributed by atoms with Crippen LogP contribution in [0.2, 0.25) is 0 Å². The molecule has 2 bridgehead atoms. The highest BCUT2D eigenvalue weighted by Crippen LogP contribution is 2.66. The Morgan fingerprint density at radius 3 is 1.94 bits per heavy atom. The molecule has 1 fully saturated rings. The number of benzene rings is 3. The molecule has 7 nitrogen and oxygen atoms in total. The first-order chi connectivity index (χ1) is 15.9. The van der Waals surface area contributed by atoms with Gasteiger partial charge in [0.2, 0.25) is 11.8 Å². The molecule has 0 radical (unpaired) electrons. The molecule has 7 heteroatoms. The molecular formula is C26H18N2O5. The van der Waals surface area contributed by atoms with Gasteiger partial charge in [-0.15, -0.1) is 0 Å². The van der Waals surface area contributed by atoms with Gasteiger partial charge in [-0.05, 0) is 28.3 Å². The van der Waals surface area contributed by atoms with Gasteiger partial charge in [0, 0.05) is 17.5 Å². The molecule has 0 N–H and O–H groups in total. The number of carbonyl (C=O) groups is 3. The number of anilines is 1. The maximum atomic E-state index is 13.9. The number of amides is 2. The Morgan fingerprint density at radius 1 is 0.848 bits per heavy atom. The molecule has 2 amide bonds. The quantitative estimate of drug-likeness (QED) is 0.270. The first-order valence-corrected chi connectivity index (χ1v) is 10.7. The van der Waals surface area contributed by atoms with Gasteiger partial charge in [0.15, 0.2) is 0 Å². The molecule has 0 spiro atoms. The van der Waals surface area contributed by atoms with Crippen molar-refractivity contribution in [3.05, 3.63) is 105 Å². The Balaban J connectivity index is 1.66. The molecule has 1 heterocycles. The van der Waals surface area contributed by atoms with Crippen molar-refractivity contribution in [3.8, 4) is 0 Å². The van der Waals surface area contributed by atoms with Crippen LogP contribution in [-0.4, -0.2) is 23.0 Å². The minimum Gasteiger partial charge on any atom is -0.302 e. The fourth-order valence-electron chi connectivity index (χ4n) is 6.46. The van der Waals surface area contributed by atoms with E-state index in [9.17, 15) is 24.5 Å². The number of hydrogen-bond donors (Lipinski definition) is 0. The minimum absolute atomic E-state index is 0.144. The third-order valence-electron chi connectivity index (χ3n) is 7.77. The molecule has 162 valence electrons. The zero-order valence-corrected chi connectivity index (χ0v) is 17.6. The average Bonchev–Trinajstić information content (AvgIpc) is 3.11. The summed E-state index contributed by atoms with van der Waals surface area (Å²) in [5, 5.41) is 11.3. The zero-order chi connectivity index (χ0) is 23.1. The Morgan fingerprint density at radius 2 is 1.39 bits per heavy atom. The lowest BCUT2D eigenvalue weighted by molar-refractivity contribution is -0.384. The van der Waals surface area contributed by atoms with Crippen molar-refractivity contribution in [2.24, 2.45) is 11.8 Å². The number of carbonyl (C=O) groups excluding carboxylic acids is 3. The number of nitro groups is 1. The highest BCUT2D eigenvalue weighted by atomic mass is 16.6. The molecule has 0 unspecified atom stereocenters. The van der Waals surface area contributed by atoms with E-state index in [-0.39, 0.29) is 11.4 Å². The predicted molar refractivity (Wildman–Crippen MR) is 119 cm³/mol. The molecule has 1 aliphatic heterocycles. The van der Waals surface area contributed by atoms with Crippen LogP contribution >= 0.6 is 0 Å². The summed E-state index contributed by atoms with van der Waals surface area (Å²) in [5.74, 6) is -2.69. The summed E-state index contributed by atoms with van der Waals surface area (Å²) < 4.78 is 0. The van der Waals surface area contributed by atoms with E-state index in [1.165, 1.54) is 24.3 Å². The standard InChI is InChI=1S/C26H18N2O5/c1-25-17-9-2-4-11-19(17)26(14-29,20-12-5-3-10-18(20)25)22-21(25)23(30)27(24(22)31)15-7-6-8-16(13-15)28(32)33/h2-14,21-22H,1H3/t21-,22+,25?,26?/m1/s1. The first kappa shape index (κ1) is 19.5. The Bertz CT molecular complexity index is 1360. The van der Waals surface area contributed by atoms with Crippen molar-refractivity contribution < 1.29 is 19.3 Å². The van der Waals surface area contributed by atoms with Gasteiger partial charge in [-0.25, -0.2) is 4.90 Å². The summed E-state index contributed by atoms with van der Waals surface area (Å²) in [5.41, 5.74) is 0.995. The summed E-state index contributed by atoms with van der Waals surface area (Å²) in [6, 6.07) is 20.5. The Hall–Kier alpha value is -4.13. The van der Waals surface area contributed by atoms with E-state index in [0.29, 0.717) is 0 Å². The van der Waals surface area contributed by atoms with Crippen LogP contribution in [0.25, 0.3) is 0 Å². The number of nitrogens with zero attached hydrogens (tertiary/aromatic N) is 2. The SMILES string of the molecule is CC12c3ccccc3C(C=O)(c3ccccc31)[C@@H]1C(=O)N(c3cccc([N+](=O)[O-])c3)C(=O)[C@@H]12. The average molecular weight is 438 g/mol. The van der Waals surface area contributed by atoms with Crippen LogP contribution in [0.15, 0.2) is 72.8 Å². The first-order valence-electron chi connectivity index (χ1n) is 10.7.